The first-order valence-electron chi connectivity index (χ1n) is 3.88. The third kappa shape index (κ3) is 3.06. The molecule has 2 N–H and O–H groups in total. The van der Waals surface area contributed by atoms with Crippen LogP contribution in [0.4, 0.5) is 10.1 Å². The number of pyridine rings is 1. The van der Waals surface area contributed by atoms with Crippen LogP contribution >= 0.6 is 0 Å². The summed E-state index contributed by atoms with van der Waals surface area (Å²) >= 11 is 0. The van der Waals surface area contributed by atoms with E-state index in [9.17, 15) is 9.18 Å². The predicted molar refractivity (Wildman–Crippen MR) is 46.3 cm³/mol. The molecule has 0 unspecified atom stereocenters. The lowest BCUT2D eigenvalue weighted by Crippen LogP contribution is -2.28. The Kier molecular flexibility index (Phi) is 3.19. The van der Waals surface area contributed by atoms with Gasteiger partial charge in [-0.05, 0) is 6.07 Å². The number of halogens is 1. The molecule has 0 spiro atoms. The summed E-state index contributed by atoms with van der Waals surface area (Å²) in [5, 5.41) is 0. The first-order chi connectivity index (χ1) is 6.22. The van der Waals surface area contributed by atoms with Crippen molar-refractivity contribution < 1.29 is 9.18 Å². The minimum Gasteiger partial charge on any atom is -0.298 e. The van der Waals surface area contributed by atoms with E-state index in [1.54, 1.807) is 13.0 Å². The van der Waals surface area contributed by atoms with E-state index in [2.05, 4.69) is 15.8 Å². The summed E-state index contributed by atoms with van der Waals surface area (Å²) in [4.78, 5) is 14.2. The second-order valence-corrected chi connectivity index (χ2v) is 2.39. The number of rotatable bonds is 3. The van der Waals surface area contributed by atoms with Crippen LogP contribution in [-0.2, 0) is 4.79 Å². The van der Waals surface area contributed by atoms with E-state index < -0.39 is 5.95 Å². The van der Waals surface area contributed by atoms with Gasteiger partial charge >= 0.3 is 0 Å². The zero-order valence-corrected chi connectivity index (χ0v) is 7.17. The van der Waals surface area contributed by atoms with E-state index in [0.717, 1.165) is 0 Å². The Labute approximate surface area is 75.1 Å². The number of amides is 1. The van der Waals surface area contributed by atoms with Gasteiger partial charge in [0, 0.05) is 18.7 Å². The molecule has 4 nitrogen and oxygen atoms in total. The van der Waals surface area contributed by atoms with Gasteiger partial charge < -0.3 is 0 Å². The number of nitrogens with one attached hydrogen (secondary N) is 2. The molecule has 1 rings (SSSR count). The van der Waals surface area contributed by atoms with Crippen LogP contribution in [0.3, 0.4) is 0 Å². The van der Waals surface area contributed by atoms with Crippen molar-refractivity contribution in [2.45, 2.75) is 13.3 Å². The van der Waals surface area contributed by atoms with Crippen molar-refractivity contribution in [3.63, 3.8) is 0 Å². The van der Waals surface area contributed by atoms with Crippen molar-refractivity contribution in [1.82, 2.24) is 10.4 Å². The standard InChI is InChI=1S/C8H10FN3O/c1-2-8(13)12-11-6-3-4-10-7(9)5-6/h3-5H,2H2,1H3,(H,10,11)(H,12,13). The molecule has 0 saturated heterocycles. The van der Waals surface area contributed by atoms with E-state index in [1.807, 2.05) is 0 Å². The van der Waals surface area contributed by atoms with E-state index in [-0.39, 0.29) is 5.91 Å². The van der Waals surface area contributed by atoms with Crippen LogP contribution in [0, 0.1) is 5.95 Å². The minimum absolute atomic E-state index is 0.155. The van der Waals surface area contributed by atoms with Gasteiger partial charge in [-0.1, -0.05) is 6.92 Å². The van der Waals surface area contributed by atoms with Crippen LogP contribution < -0.4 is 10.9 Å². The highest BCUT2D eigenvalue weighted by Gasteiger charge is 1.97. The minimum atomic E-state index is -0.587. The number of carbonyl (C=O) groups is 1. The molecule has 70 valence electrons. The Morgan fingerprint density at radius 3 is 3.08 bits per heavy atom. The number of aromatic nitrogens is 1. The molecule has 0 aliphatic rings. The number of anilines is 1. The van der Waals surface area contributed by atoms with E-state index in [0.29, 0.717) is 12.1 Å². The maximum Gasteiger partial charge on any atom is 0.238 e. The summed E-state index contributed by atoms with van der Waals surface area (Å²) in [6.07, 6.45) is 1.69. The third-order valence-corrected chi connectivity index (χ3v) is 1.39. The van der Waals surface area contributed by atoms with Gasteiger partial charge in [0.25, 0.3) is 0 Å². The fourth-order valence-corrected chi connectivity index (χ4v) is 0.710. The van der Waals surface area contributed by atoms with E-state index >= 15 is 0 Å². The zero-order valence-electron chi connectivity index (χ0n) is 7.17. The molecule has 1 aromatic rings. The molecule has 1 aromatic heterocycles. The molecule has 0 aromatic carbocycles. The van der Waals surface area contributed by atoms with Gasteiger partial charge in [-0.2, -0.15) is 4.39 Å². The quantitative estimate of drug-likeness (QED) is 0.544. The van der Waals surface area contributed by atoms with Gasteiger partial charge in [-0.3, -0.25) is 15.6 Å². The molecule has 1 amide bonds. The summed E-state index contributed by atoms with van der Waals surface area (Å²) in [6.45, 7) is 1.73. The van der Waals surface area contributed by atoms with E-state index in [4.69, 9.17) is 0 Å². The smallest absolute Gasteiger partial charge is 0.238 e. The molecule has 0 radical (unpaired) electrons. The average Bonchev–Trinajstić information content (AvgIpc) is 2.14. The summed E-state index contributed by atoms with van der Waals surface area (Å²) < 4.78 is 12.5. The first-order valence-corrected chi connectivity index (χ1v) is 3.88. The molecule has 0 bridgehead atoms. The van der Waals surface area contributed by atoms with Crippen LogP contribution in [0.25, 0.3) is 0 Å². The summed E-state index contributed by atoms with van der Waals surface area (Å²) in [6, 6.07) is 2.74. The maximum atomic E-state index is 12.5. The largest absolute Gasteiger partial charge is 0.298 e. The van der Waals surface area contributed by atoms with Crippen LogP contribution in [0.15, 0.2) is 18.3 Å². The fraction of sp³-hybridized carbons (Fsp3) is 0.250. The molecule has 0 aliphatic carbocycles. The second kappa shape index (κ2) is 4.39. The number of nitrogens with zero attached hydrogens (tertiary/aromatic N) is 1. The Morgan fingerprint density at radius 1 is 1.69 bits per heavy atom. The lowest BCUT2D eigenvalue weighted by Gasteiger charge is -2.06. The summed E-state index contributed by atoms with van der Waals surface area (Å²) in [5.41, 5.74) is 5.42. The van der Waals surface area contributed by atoms with E-state index in [1.165, 1.54) is 12.3 Å². The number of carbonyl (C=O) groups excluding carboxylic acids is 1. The summed E-state index contributed by atoms with van der Waals surface area (Å²) in [7, 11) is 0. The number of hydrogen-bond donors (Lipinski definition) is 2. The van der Waals surface area contributed by atoms with Gasteiger partial charge in [-0.25, -0.2) is 4.98 Å². The molecule has 1 heterocycles. The van der Waals surface area contributed by atoms with Crippen molar-refractivity contribution in [2.75, 3.05) is 5.43 Å². The zero-order chi connectivity index (χ0) is 9.68. The van der Waals surface area contributed by atoms with Crippen molar-refractivity contribution in [2.24, 2.45) is 0 Å². The van der Waals surface area contributed by atoms with Crippen molar-refractivity contribution in [3.8, 4) is 0 Å². The molecule has 5 heteroatoms. The van der Waals surface area contributed by atoms with Gasteiger partial charge in [0.05, 0.1) is 5.69 Å². The SMILES string of the molecule is CCC(=O)NNc1ccnc(F)c1. The second-order valence-electron chi connectivity index (χ2n) is 2.39. The van der Waals surface area contributed by atoms with Crippen molar-refractivity contribution in [1.29, 1.82) is 0 Å². The highest BCUT2D eigenvalue weighted by Crippen LogP contribution is 2.04. The molecule has 0 aliphatic heterocycles. The molecule has 0 fully saturated rings. The normalized spacial score (nSPS) is 9.38. The predicted octanol–water partition coefficient (Wildman–Crippen LogP) is 1.07. The van der Waals surface area contributed by atoms with Crippen LogP contribution in [0.1, 0.15) is 13.3 Å². The molecule has 0 saturated carbocycles. The fourth-order valence-electron chi connectivity index (χ4n) is 0.710. The Hall–Kier alpha value is -1.65. The first kappa shape index (κ1) is 9.44. The Balaban J connectivity index is 2.50. The number of hydrazine groups is 1. The topological polar surface area (TPSA) is 54.0 Å². The van der Waals surface area contributed by atoms with Gasteiger partial charge in [0.2, 0.25) is 11.9 Å². The molecule has 13 heavy (non-hydrogen) atoms. The van der Waals surface area contributed by atoms with Crippen molar-refractivity contribution >= 4 is 11.6 Å². The lowest BCUT2D eigenvalue weighted by atomic mass is 10.4. The van der Waals surface area contributed by atoms with Gasteiger partial charge in [0.1, 0.15) is 0 Å². The van der Waals surface area contributed by atoms with Gasteiger partial charge in [-0.15, -0.1) is 0 Å². The van der Waals surface area contributed by atoms with Crippen LogP contribution in [0.2, 0.25) is 0 Å². The van der Waals surface area contributed by atoms with Crippen molar-refractivity contribution in [3.05, 3.63) is 24.3 Å². The highest BCUT2D eigenvalue weighted by atomic mass is 19.1. The molecular weight excluding hydrogens is 173 g/mol. The number of hydrogen-bond acceptors (Lipinski definition) is 3. The third-order valence-electron chi connectivity index (χ3n) is 1.39. The average molecular weight is 183 g/mol. The molecule has 0 atom stereocenters. The van der Waals surface area contributed by atoms with Crippen LogP contribution in [-0.4, -0.2) is 10.9 Å². The van der Waals surface area contributed by atoms with Crippen LogP contribution in [0.5, 0.6) is 0 Å². The monoisotopic (exact) mass is 183 g/mol. The van der Waals surface area contributed by atoms with Gasteiger partial charge in [0.15, 0.2) is 0 Å². The summed E-state index contributed by atoms with van der Waals surface area (Å²) in [5.74, 6) is -0.743. The Morgan fingerprint density at radius 2 is 2.46 bits per heavy atom. The Bertz CT molecular complexity index is 303. The maximum absolute atomic E-state index is 12.5. The lowest BCUT2D eigenvalue weighted by molar-refractivity contribution is -0.120. The highest BCUT2D eigenvalue weighted by molar-refractivity contribution is 5.76. The molecular formula is C8H10FN3O.